The normalized spacial score (nSPS) is 39.7. The molecule has 0 unspecified atom stereocenters. The highest BCUT2D eigenvalue weighted by molar-refractivity contribution is 8.78. The third-order valence-electron chi connectivity index (χ3n) is 6.71. The number of carbonyl (C=O) groups is 2. The second kappa shape index (κ2) is 5.35. The van der Waals surface area contributed by atoms with Crippen LogP contribution in [0.2, 0.25) is 0 Å². The van der Waals surface area contributed by atoms with E-state index in [-0.39, 0.29) is 24.6 Å². The zero-order valence-corrected chi connectivity index (χ0v) is 17.6. The van der Waals surface area contributed by atoms with Gasteiger partial charge in [0.05, 0.1) is 17.5 Å². The van der Waals surface area contributed by atoms with Gasteiger partial charge >= 0.3 is 0 Å². The minimum absolute atomic E-state index is 0.0180. The average Bonchev–Trinajstić information content (AvgIpc) is 3.34. The quantitative estimate of drug-likeness (QED) is 0.668. The van der Waals surface area contributed by atoms with E-state index in [0.29, 0.717) is 17.9 Å². The fourth-order valence-corrected chi connectivity index (χ4v) is 8.79. The molecule has 1 aromatic rings. The lowest BCUT2D eigenvalue weighted by molar-refractivity contribution is -0.166. The van der Waals surface area contributed by atoms with Crippen molar-refractivity contribution >= 4 is 33.4 Å². The molecule has 0 radical (unpaired) electrons. The molecule has 7 rings (SSSR count). The van der Waals surface area contributed by atoms with Crippen molar-refractivity contribution in [2.24, 2.45) is 5.41 Å². The molecular formula is C20H19N3O4S2. The fourth-order valence-electron chi connectivity index (χ4n) is 5.22. The van der Waals surface area contributed by atoms with Gasteiger partial charge in [0.25, 0.3) is 11.8 Å². The lowest BCUT2D eigenvalue weighted by Crippen LogP contribution is -2.75. The van der Waals surface area contributed by atoms with Gasteiger partial charge in [-0.15, -0.1) is 0 Å². The summed E-state index contributed by atoms with van der Waals surface area (Å²) in [4.78, 5) is 29.1. The van der Waals surface area contributed by atoms with Crippen LogP contribution in [0, 0.1) is 16.7 Å². The second-order valence-electron chi connectivity index (χ2n) is 8.74. The van der Waals surface area contributed by atoms with E-state index in [0.717, 1.165) is 18.4 Å². The molecule has 1 aromatic carbocycles. The van der Waals surface area contributed by atoms with Gasteiger partial charge in [0.15, 0.2) is 21.2 Å². The minimum Gasteiger partial charge on any atom is -0.454 e. The first-order chi connectivity index (χ1) is 13.8. The zero-order chi connectivity index (χ0) is 20.2. The van der Waals surface area contributed by atoms with Gasteiger partial charge in [-0.3, -0.25) is 9.59 Å². The summed E-state index contributed by atoms with van der Waals surface area (Å²) < 4.78 is 10.9. The lowest BCUT2D eigenvalue weighted by atomic mass is 9.79. The van der Waals surface area contributed by atoms with Crippen LogP contribution in [0.15, 0.2) is 18.2 Å². The Kier molecular flexibility index (Phi) is 3.28. The van der Waals surface area contributed by atoms with Crippen molar-refractivity contribution in [1.82, 2.24) is 9.80 Å². The first-order valence-electron chi connectivity index (χ1n) is 9.69. The van der Waals surface area contributed by atoms with E-state index in [1.807, 2.05) is 36.9 Å². The molecule has 6 aliphatic rings. The fraction of sp³-hybridized carbons (Fsp3) is 0.550. The summed E-state index contributed by atoms with van der Waals surface area (Å²) in [6.07, 6.45) is 2.20. The maximum absolute atomic E-state index is 13.8. The van der Waals surface area contributed by atoms with E-state index < -0.39 is 21.2 Å². The van der Waals surface area contributed by atoms with Gasteiger partial charge in [-0.1, -0.05) is 27.7 Å². The van der Waals surface area contributed by atoms with E-state index in [9.17, 15) is 14.9 Å². The molecule has 7 nitrogen and oxygen atoms in total. The Morgan fingerprint density at radius 1 is 1.10 bits per heavy atom. The highest BCUT2D eigenvalue weighted by Crippen LogP contribution is 2.70. The highest BCUT2D eigenvalue weighted by Gasteiger charge is 2.76. The van der Waals surface area contributed by atoms with Crippen molar-refractivity contribution < 1.29 is 19.1 Å². The number of hydrogen-bond acceptors (Lipinski definition) is 7. The Morgan fingerprint density at radius 3 is 2.59 bits per heavy atom. The third-order valence-corrected chi connectivity index (χ3v) is 10.3. The molecule has 4 saturated heterocycles. The maximum Gasteiger partial charge on any atom is 0.261 e. The molecule has 29 heavy (non-hydrogen) atoms. The van der Waals surface area contributed by atoms with Crippen molar-refractivity contribution in [2.45, 2.75) is 54.9 Å². The highest BCUT2D eigenvalue weighted by atomic mass is 33.1. The van der Waals surface area contributed by atoms with Gasteiger partial charge in [-0.25, -0.2) is 0 Å². The molecule has 2 amide bonds. The van der Waals surface area contributed by atoms with Crippen LogP contribution in [0.1, 0.15) is 44.7 Å². The maximum atomic E-state index is 13.8. The number of fused-ring (bicyclic) bond motifs is 3. The zero-order valence-electron chi connectivity index (χ0n) is 16.0. The van der Waals surface area contributed by atoms with Crippen LogP contribution < -0.4 is 9.47 Å². The summed E-state index contributed by atoms with van der Waals surface area (Å²) in [5, 5.41) is 10.2. The van der Waals surface area contributed by atoms with Gasteiger partial charge in [0, 0.05) is 12.5 Å². The summed E-state index contributed by atoms with van der Waals surface area (Å²) in [7, 11) is 2.93. The van der Waals surface area contributed by atoms with Crippen molar-refractivity contribution in [3.05, 3.63) is 23.8 Å². The summed E-state index contributed by atoms with van der Waals surface area (Å²) in [5.41, 5.74) is -0.0896. The number of hydrogen-bond donors (Lipinski definition) is 0. The number of rotatable bonds is 2. The van der Waals surface area contributed by atoms with Crippen molar-refractivity contribution in [1.29, 1.82) is 5.26 Å². The molecule has 5 heterocycles. The smallest absolute Gasteiger partial charge is 0.261 e. The molecule has 0 N–H and O–H groups in total. The van der Waals surface area contributed by atoms with Crippen molar-refractivity contribution in [3.63, 3.8) is 0 Å². The molecule has 1 saturated carbocycles. The van der Waals surface area contributed by atoms with Crippen molar-refractivity contribution in [2.75, 3.05) is 6.79 Å². The van der Waals surface area contributed by atoms with Crippen LogP contribution >= 0.6 is 21.6 Å². The molecule has 5 fully saturated rings. The number of nitriles is 1. The van der Waals surface area contributed by atoms with E-state index in [2.05, 4.69) is 6.07 Å². The molecule has 9 heteroatoms. The third kappa shape index (κ3) is 2.01. The summed E-state index contributed by atoms with van der Waals surface area (Å²) in [5.74, 6) is 1.17. The first kappa shape index (κ1) is 17.8. The van der Waals surface area contributed by atoms with Crippen LogP contribution in [-0.2, 0) is 9.59 Å². The Morgan fingerprint density at radius 2 is 1.86 bits per heavy atom. The number of carbonyl (C=O) groups excluding carboxylic acids is 2. The molecular weight excluding hydrogens is 410 g/mol. The Balaban J connectivity index is 1.53. The number of benzene rings is 1. The minimum atomic E-state index is -1.03. The standard InChI is InChI=1S/C20H19N3O4S2/c1-18(9-21)8-20-17(25)22(12-4-5-12)19(2,28-29-20)16(24)23(20)15(18)11-3-6-13-14(7-11)27-10-26-13/h3,6-7,12,15H,4-5,8,10H2,1-2H3/t15-,18-,19+,20-/m0/s1. The van der Waals surface area contributed by atoms with E-state index >= 15 is 0 Å². The molecule has 150 valence electrons. The SMILES string of the molecule is C[C@@]1(C#N)C[C@@]23SS[C@](C)(C(=O)N2[C@H]1c1ccc2c(c1)OCO2)N(C1CC1)C3=O. The predicted octanol–water partition coefficient (Wildman–Crippen LogP) is 3.03. The number of piperazine rings is 1. The molecule has 0 aromatic heterocycles. The van der Waals surface area contributed by atoms with E-state index in [4.69, 9.17) is 9.47 Å². The van der Waals surface area contributed by atoms with Gasteiger partial charge in [0.2, 0.25) is 6.79 Å². The Bertz CT molecular complexity index is 1020. The molecule has 5 aliphatic heterocycles. The summed E-state index contributed by atoms with van der Waals surface area (Å²) in [6.45, 7) is 3.87. The Labute approximate surface area is 176 Å². The number of amides is 2. The number of ether oxygens (including phenoxy) is 2. The summed E-state index contributed by atoms with van der Waals surface area (Å²) >= 11 is 0. The lowest BCUT2D eigenvalue weighted by Gasteiger charge is -2.58. The molecule has 4 atom stereocenters. The summed E-state index contributed by atoms with van der Waals surface area (Å²) in [6, 6.07) is 7.61. The topological polar surface area (TPSA) is 82.9 Å². The predicted molar refractivity (Wildman–Crippen MR) is 107 cm³/mol. The van der Waals surface area contributed by atoms with Crippen LogP contribution in [0.4, 0.5) is 0 Å². The van der Waals surface area contributed by atoms with E-state index in [1.165, 1.54) is 21.6 Å². The van der Waals surface area contributed by atoms with Gasteiger partial charge in [-0.05, 0) is 44.4 Å². The molecule has 2 bridgehead atoms. The van der Waals surface area contributed by atoms with Crippen molar-refractivity contribution in [3.8, 4) is 17.6 Å². The Hall–Kier alpha value is -2.05. The average molecular weight is 430 g/mol. The van der Waals surface area contributed by atoms with Crippen LogP contribution in [-0.4, -0.2) is 44.2 Å². The molecule has 1 spiro atoms. The number of nitrogens with zero attached hydrogens (tertiary/aromatic N) is 3. The van der Waals surface area contributed by atoms with Gasteiger partial charge < -0.3 is 19.3 Å². The van der Waals surface area contributed by atoms with Crippen LogP contribution in [0.5, 0.6) is 11.5 Å². The van der Waals surface area contributed by atoms with Crippen LogP contribution in [0.3, 0.4) is 0 Å². The van der Waals surface area contributed by atoms with Gasteiger partial charge in [0.1, 0.15) is 0 Å². The second-order valence-corrected chi connectivity index (χ2v) is 11.5. The van der Waals surface area contributed by atoms with Gasteiger partial charge in [-0.2, -0.15) is 5.26 Å². The van der Waals surface area contributed by atoms with Crippen LogP contribution in [0.25, 0.3) is 0 Å². The van der Waals surface area contributed by atoms with E-state index in [1.54, 1.807) is 4.90 Å². The monoisotopic (exact) mass is 429 g/mol. The largest absolute Gasteiger partial charge is 0.454 e. The molecule has 1 aliphatic carbocycles. The first-order valence-corrected chi connectivity index (χ1v) is 11.8.